The zero-order valence-corrected chi connectivity index (χ0v) is 5.69. The van der Waals surface area contributed by atoms with Crippen LogP contribution >= 0.6 is 0 Å². The van der Waals surface area contributed by atoms with Gasteiger partial charge in [-0.25, -0.2) is 4.98 Å². The van der Waals surface area contributed by atoms with Crippen LogP contribution in [0.25, 0.3) is 5.52 Å². The highest BCUT2D eigenvalue weighted by atomic mass is 16.1. The first-order valence-electron chi connectivity index (χ1n) is 3.20. The van der Waals surface area contributed by atoms with Gasteiger partial charge in [0, 0.05) is 6.20 Å². The van der Waals surface area contributed by atoms with E-state index in [1.807, 2.05) is 12.5 Å². The van der Waals surface area contributed by atoms with Gasteiger partial charge in [0.2, 0.25) is 6.29 Å². The van der Waals surface area contributed by atoms with Gasteiger partial charge in [-0.15, -0.1) is 0 Å². The van der Waals surface area contributed by atoms with Crippen molar-refractivity contribution in [3.8, 4) is 0 Å². The van der Waals surface area contributed by atoms with Crippen LogP contribution in [0.1, 0.15) is 5.56 Å². The molecule has 0 atom stereocenters. The molecule has 0 bridgehead atoms. The summed E-state index contributed by atoms with van der Waals surface area (Å²) in [5, 5.41) is 0. The van der Waals surface area contributed by atoms with Gasteiger partial charge in [0.15, 0.2) is 0 Å². The van der Waals surface area contributed by atoms with E-state index in [1.54, 1.807) is 29.1 Å². The van der Waals surface area contributed by atoms with Gasteiger partial charge in [-0.2, -0.15) is 0 Å². The van der Waals surface area contributed by atoms with E-state index in [9.17, 15) is 4.79 Å². The van der Waals surface area contributed by atoms with Crippen LogP contribution in [0.15, 0.2) is 30.9 Å². The molecule has 2 rings (SSSR count). The van der Waals surface area contributed by atoms with Crippen LogP contribution < -0.4 is 0 Å². The highest BCUT2D eigenvalue weighted by Crippen LogP contribution is 2.06. The molecule has 0 unspecified atom stereocenters. The summed E-state index contributed by atoms with van der Waals surface area (Å²) in [5.74, 6) is 0. The number of fused-ring (bicyclic) bond motifs is 1. The van der Waals surface area contributed by atoms with Crippen molar-refractivity contribution >= 4 is 11.8 Å². The van der Waals surface area contributed by atoms with E-state index in [4.69, 9.17) is 0 Å². The molecule has 0 saturated heterocycles. The van der Waals surface area contributed by atoms with Crippen molar-refractivity contribution in [3.63, 3.8) is 0 Å². The summed E-state index contributed by atoms with van der Waals surface area (Å²) in [4.78, 5) is 14.2. The maximum absolute atomic E-state index is 10.4. The molecule has 3 heteroatoms. The molecule has 2 aromatic heterocycles. The number of imidazole rings is 1. The Bertz CT molecular complexity index is 392. The predicted molar refractivity (Wildman–Crippen MR) is 40.0 cm³/mol. The van der Waals surface area contributed by atoms with Crippen LogP contribution in [-0.4, -0.2) is 15.7 Å². The lowest BCUT2D eigenvalue weighted by atomic mass is 10.2. The summed E-state index contributed by atoms with van der Waals surface area (Å²) >= 11 is 0. The van der Waals surface area contributed by atoms with Crippen molar-refractivity contribution in [2.24, 2.45) is 0 Å². The molecule has 0 spiro atoms. The van der Waals surface area contributed by atoms with Crippen LogP contribution in [0.2, 0.25) is 0 Å². The molecule has 0 amide bonds. The van der Waals surface area contributed by atoms with Crippen molar-refractivity contribution in [3.05, 3.63) is 36.4 Å². The largest absolute Gasteiger partial charge is 0.306 e. The van der Waals surface area contributed by atoms with E-state index >= 15 is 0 Å². The second-order valence-electron chi connectivity index (χ2n) is 2.21. The highest BCUT2D eigenvalue weighted by Gasteiger charge is 1.98. The van der Waals surface area contributed by atoms with E-state index in [0.717, 1.165) is 5.52 Å². The molecule has 0 saturated carbocycles. The third kappa shape index (κ3) is 0.816. The first-order chi connectivity index (χ1) is 5.42. The lowest BCUT2D eigenvalue weighted by molar-refractivity contribution is 0.563. The molecular weight excluding hydrogens is 140 g/mol. The van der Waals surface area contributed by atoms with Crippen LogP contribution in [0.5, 0.6) is 0 Å². The molecule has 0 aromatic carbocycles. The van der Waals surface area contributed by atoms with Crippen LogP contribution in [0.4, 0.5) is 0 Å². The van der Waals surface area contributed by atoms with Crippen molar-refractivity contribution < 1.29 is 4.79 Å². The zero-order chi connectivity index (χ0) is 7.68. The number of hydrogen-bond acceptors (Lipinski definition) is 2. The third-order valence-electron chi connectivity index (χ3n) is 1.56. The number of carbonyl (C=O) groups excluding carboxylic acids is 1. The number of pyridine rings is 1. The molecule has 1 radical (unpaired) electrons. The monoisotopic (exact) mass is 145 g/mol. The normalized spacial score (nSPS) is 10.2. The molecule has 53 valence electrons. The highest BCUT2D eigenvalue weighted by molar-refractivity contribution is 5.85. The maximum Gasteiger partial charge on any atom is 0.235 e. The summed E-state index contributed by atoms with van der Waals surface area (Å²) < 4.78 is 1.78. The standard InChI is InChI=1S/C8H5N2O/c11-5-7-2-1-3-10-6-9-4-8(7)10/h1-4,6H. The Kier molecular flexibility index (Phi) is 1.22. The molecule has 2 heterocycles. The van der Waals surface area contributed by atoms with Gasteiger partial charge in [-0.3, -0.25) is 4.79 Å². The van der Waals surface area contributed by atoms with Gasteiger partial charge in [-0.1, -0.05) is 0 Å². The number of rotatable bonds is 1. The van der Waals surface area contributed by atoms with Gasteiger partial charge in [0.1, 0.15) is 0 Å². The van der Waals surface area contributed by atoms with E-state index in [2.05, 4.69) is 4.98 Å². The van der Waals surface area contributed by atoms with E-state index in [1.165, 1.54) is 0 Å². The van der Waals surface area contributed by atoms with Gasteiger partial charge in [0.05, 0.1) is 23.6 Å². The number of aromatic nitrogens is 2. The molecule has 2 aromatic rings. The number of hydrogen-bond donors (Lipinski definition) is 0. The summed E-state index contributed by atoms with van der Waals surface area (Å²) in [6.07, 6.45) is 6.97. The van der Waals surface area contributed by atoms with E-state index in [0.29, 0.717) is 5.56 Å². The average molecular weight is 145 g/mol. The Morgan fingerprint density at radius 2 is 2.45 bits per heavy atom. The molecule has 0 fully saturated rings. The maximum atomic E-state index is 10.4. The van der Waals surface area contributed by atoms with Gasteiger partial charge in [0.25, 0.3) is 0 Å². The van der Waals surface area contributed by atoms with Gasteiger partial charge in [-0.05, 0) is 12.1 Å². The Morgan fingerprint density at radius 1 is 1.55 bits per heavy atom. The third-order valence-corrected chi connectivity index (χ3v) is 1.56. The average Bonchev–Trinajstić information content (AvgIpc) is 2.50. The SMILES string of the molecule is O=[C]c1cccn2cncc12. The van der Waals surface area contributed by atoms with Gasteiger partial charge >= 0.3 is 0 Å². The molecule has 0 aliphatic carbocycles. The molecular formula is C8H5N2O. The lowest BCUT2D eigenvalue weighted by Crippen LogP contribution is -1.86. The Balaban J connectivity index is 2.88. The Morgan fingerprint density at radius 3 is 3.27 bits per heavy atom. The lowest BCUT2D eigenvalue weighted by Gasteiger charge is -1.92. The summed E-state index contributed by atoms with van der Waals surface area (Å²) in [6, 6.07) is 3.50. The van der Waals surface area contributed by atoms with Crippen molar-refractivity contribution in [1.29, 1.82) is 0 Å². The molecule has 11 heavy (non-hydrogen) atoms. The summed E-state index contributed by atoms with van der Waals surface area (Å²) in [5.41, 5.74) is 1.34. The summed E-state index contributed by atoms with van der Waals surface area (Å²) in [6.45, 7) is 0. The van der Waals surface area contributed by atoms with Crippen LogP contribution in [-0.2, 0) is 4.79 Å². The van der Waals surface area contributed by atoms with Crippen molar-refractivity contribution in [2.45, 2.75) is 0 Å². The fourth-order valence-corrected chi connectivity index (χ4v) is 1.04. The minimum atomic E-state index is 0.546. The molecule has 0 N–H and O–H groups in total. The Hall–Kier alpha value is -1.64. The van der Waals surface area contributed by atoms with Crippen LogP contribution in [0, 0.1) is 0 Å². The number of nitrogens with zero attached hydrogens (tertiary/aromatic N) is 2. The van der Waals surface area contributed by atoms with E-state index in [-0.39, 0.29) is 0 Å². The first-order valence-corrected chi connectivity index (χ1v) is 3.20. The van der Waals surface area contributed by atoms with Crippen molar-refractivity contribution in [2.75, 3.05) is 0 Å². The second kappa shape index (κ2) is 2.20. The smallest absolute Gasteiger partial charge is 0.235 e. The fourth-order valence-electron chi connectivity index (χ4n) is 1.04. The topological polar surface area (TPSA) is 34.4 Å². The fraction of sp³-hybridized carbons (Fsp3) is 0. The summed E-state index contributed by atoms with van der Waals surface area (Å²) in [7, 11) is 0. The zero-order valence-electron chi connectivity index (χ0n) is 5.69. The quantitative estimate of drug-likeness (QED) is 0.594. The molecule has 3 nitrogen and oxygen atoms in total. The van der Waals surface area contributed by atoms with Crippen LogP contribution in [0.3, 0.4) is 0 Å². The van der Waals surface area contributed by atoms with Crippen molar-refractivity contribution in [1.82, 2.24) is 9.38 Å². The van der Waals surface area contributed by atoms with Gasteiger partial charge < -0.3 is 4.40 Å². The molecule has 0 aliphatic heterocycles. The molecule has 0 aliphatic rings. The minimum Gasteiger partial charge on any atom is -0.306 e. The second-order valence-corrected chi connectivity index (χ2v) is 2.21. The van der Waals surface area contributed by atoms with E-state index < -0.39 is 0 Å². The Labute approximate surface area is 63.3 Å². The first kappa shape index (κ1) is 6.09. The minimum absolute atomic E-state index is 0.546. The predicted octanol–water partition coefficient (Wildman–Crippen LogP) is 0.792.